The van der Waals surface area contributed by atoms with Crippen LogP contribution in [0.4, 0.5) is 0 Å². The molecule has 7 heteroatoms. The second-order valence-electron chi connectivity index (χ2n) is 4.37. The van der Waals surface area contributed by atoms with Gasteiger partial charge in [-0.15, -0.1) is 12.6 Å². The van der Waals surface area contributed by atoms with Crippen LogP contribution in [0.25, 0.3) is 0 Å². The summed E-state index contributed by atoms with van der Waals surface area (Å²) < 4.78 is 5.27. The van der Waals surface area contributed by atoms with Crippen LogP contribution >= 0.6 is 24.2 Å². The van der Waals surface area contributed by atoms with Crippen molar-refractivity contribution in [2.24, 2.45) is 0 Å². The van der Waals surface area contributed by atoms with E-state index in [1.165, 1.54) is 11.9 Å². The maximum Gasteiger partial charge on any atom is 0.256 e. The number of likely N-dealkylation sites (N-methyl/N-ethyl adjacent to an activating group) is 1. The highest BCUT2D eigenvalue weighted by Crippen LogP contribution is 2.23. The molecule has 0 radical (unpaired) electrons. The Hall–Kier alpha value is -1.24. The van der Waals surface area contributed by atoms with Gasteiger partial charge in [-0.3, -0.25) is 9.59 Å². The van der Waals surface area contributed by atoms with Gasteiger partial charge in [-0.1, -0.05) is 11.6 Å². The normalized spacial score (nSPS) is 18.8. The lowest BCUT2D eigenvalue weighted by atomic mass is 10.1. The smallest absolute Gasteiger partial charge is 0.256 e. The number of ether oxygens (including phenoxy) is 1. The Kier molecular flexibility index (Phi) is 4.91. The molecule has 1 heterocycles. The lowest BCUT2D eigenvalue weighted by molar-refractivity contribution is -0.130. The second kappa shape index (κ2) is 6.47. The number of hydrogen-bond donors (Lipinski definition) is 2. The SMILES string of the molecule is CNC(=O)C1COCCN1C(=O)c1cc(S)ccc1Cl. The second-order valence-corrected chi connectivity index (χ2v) is 5.29. The summed E-state index contributed by atoms with van der Waals surface area (Å²) in [6, 6.07) is 4.29. The first-order valence-corrected chi connectivity index (χ1v) is 6.96. The standard InChI is InChI=1S/C13H15ClN2O3S/c1-15-12(17)11-7-19-5-4-16(11)13(18)9-6-8(20)2-3-10(9)14/h2-3,6,11,20H,4-5,7H2,1H3,(H,15,17). The van der Waals surface area contributed by atoms with Crippen LogP contribution < -0.4 is 5.32 Å². The summed E-state index contributed by atoms with van der Waals surface area (Å²) in [6.07, 6.45) is 0. The molecule has 0 spiro atoms. The highest BCUT2D eigenvalue weighted by molar-refractivity contribution is 7.80. The average Bonchev–Trinajstić information content (AvgIpc) is 2.48. The van der Waals surface area contributed by atoms with Crippen molar-refractivity contribution in [1.82, 2.24) is 10.2 Å². The Labute approximate surface area is 127 Å². The van der Waals surface area contributed by atoms with E-state index in [9.17, 15) is 9.59 Å². The van der Waals surface area contributed by atoms with Crippen molar-refractivity contribution < 1.29 is 14.3 Å². The monoisotopic (exact) mass is 314 g/mol. The zero-order valence-electron chi connectivity index (χ0n) is 10.9. The van der Waals surface area contributed by atoms with Crippen molar-refractivity contribution >= 4 is 36.0 Å². The van der Waals surface area contributed by atoms with E-state index in [4.69, 9.17) is 16.3 Å². The Morgan fingerprint density at radius 2 is 2.25 bits per heavy atom. The van der Waals surface area contributed by atoms with E-state index in [-0.39, 0.29) is 18.4 Å². The maximum absolute atomic E-state index is 12.6. The number of hydrogen-bond acceptors (Lipinski definition) is 4. The third kappa shape index (κ3) is 3.08. The average molecular weight is 315 g/mol. The van der Waals surface area contributed by atoms with E-state index in [0.717, 1.165) is 0 Å². The predicted molar refractivity (Wildman–Crippen MR) is 78.4 cm³/mol. The molecule has 0 bridgehead atoms. The van der Waals surface area contributed by atoms with Crippen molar-refractivity contribution in [3.05, 3.63) is 28.8 Å². The fraction of sp³-hybridized carbons (Fsp3) is 0.385. The summed E-state index contributed by atoms with van der Waals surface area (Å²) >= 11 is 10.3. The minimum Gasteiger partial charge on any atom is -0.377 e. The molecule has 0 aromatic heterocycles. The third-order valence-electron chi connectivity index (χ3n) is 3.12. The molecule has 108 valence electrons. The van der Waals surface area contributed by atoms with E-state index >= 15 is 0 Å². The molecule has 20 heavy (non-hydrogen) atoms. The summed E-state index contributed by atoms with van der Waals surface area (Å²) in [7, 11) is 1.53. The topological polar surface area (TPSA) is 58.6 Å². The molecule has 0 aliphatic carbocycles. The number of thiol groups is 1. The van der Waals surface area contributed by atoms with Crippen molar-refractivity contribution in [3.8, 4) is 0 Å². The van der Waals surface area contributed by atoms with E-state index in [1.807, 2.05) is 0 Å². The number of benzene rings is 1. The molecule has 0 saturated carbocycles. The van der Waals surface area contributed by atoms with Gasteiger partial charge < -0.3 is 15.0 Å². The van der Waals surface area contributed by atoms with Crippen LogP contribution in [0.2, 0.25) is 5.02 Å². The molecule has 1 fully saturated rings. The Morgan fingerprint density at radius 1 is 1.50 bits per heavy atom. The van der Waals surface area contributed by atoms with Gasteiger partial charge in [-0.05, 0) is 18.2 Å². The van der Waals surface area contributed by atoms with Crippen LogP contribution in [-0.2, 0) is 9.53 Å². The number of morpholine rings is 1. The Balaban J connectivity index is 2.30. The molecule has 1 aliphatic rings. The lowest BCUT2D eigenvalue weighted by Gasteiger charge is -2.34. The summed E-state index contributed by atoms with van der Waals surface area (Å²) in [4.78, 5) is 26.5. The van der Waals surface area contributed by atoms with Crippen LogP contribution in [0.15, 0.2) is 23.1 Å². The van der Waals surface area contributed by atoms with E-state index < -0.39 is 6.04 Å². The number of carbonyl (C=O) groups is 2. The van der Waals surface area contributed by atoms with Crippen LogP contribution in [-0.4, -0.2) is 49.6 Å². The van der Waals surface area contributed by atoms with Crippen molar-refractivity contribution in [2.75, 3.05) is 26.8 Å². The third-order valence-corrected chi connectivity index (χ3v) is 3.73. The molecule has 1 aromatic rings. The van der Waals surface area contributed by atoms with E-state index in [2.05, 4.69) is 17.9 Å². The first-order valence-electron chi connectivity index (χ1n) is 6.13. The minimum absolute atomic E-state index is 0.184. The molecular formula is C13H15ClN2O3S. The van der Waals surface area contributed by atoms with Crippen LogP contribution in [0.3, 0.4) is 0 Å². The summed E-state index contributed by atoms with van der Waals surface area (Å²) in [5, 5.41) is 2.88. The number of nitrogens with zero attached hydrogens (tertiary/aromatic N) is 1. The summed E-state index contributed by atoms with van der Waals surface area (Å²) in [6.45, 7) is 0.936. The Bertz CT molecular complexity index is 538. The van der Waals surface area contributed by atoms with Gasteiger partial charge in [0.05, 0.1) is 23.8 Å². The highest BCUT2D eigenvalue weighted by atomic mass is 35.5. The molecule has 1 aromatic carbocycles. The zero-order valence-corrected chi connectivity index (χ0v) is 12.6. The number of nitrogens with one attached hydrogen (secondary N) is 1. The summed E-state index contributed by atoms with van der Waals surface area (Å²) in [5.74, 6) is -0.543. The number of amides is 2. The molecule has 2 rings (SSSR count). The fourth-order valence-electron chi connectivity index (χ4n) is 2.06. The van der Waals surface area contributed by atoms with Gasteiger partial charge in [-0.25, -0.2) is 0 Å². The Morgan fingerprint density at radius 3 is 2.95 bits per heavy atom. The van der Waals surface area contributed by atoms with Crippen LogP contribution in [0.5, 0.6) is 0 Å². The van der Waals surface area contributed by atoms with Crippen molar-refractivity contribution in [3.63, 3.8) is 0 Å². The lowest BCUT2D eigenvalue weighted by Crippen LogP contribution is -2.55. The van der Waals surface area contributed by atoms with Crippen LogP contribution in [0.1, 0.15) is 10.4 Å². The summed E-state index contributed by atoms with van der Waals surface area (Å²) in [5.41, 5.74) is 0.343. The van der Waals surface area contributed by atoms with Crippen LogP contribution in [0, 0.1) is 0 Å². The molecule has 1 atom stereocenters. The molecule has 5 nitrogen and oxygen atoms in total. The van der Waals surface area contributed by atoms with Gasteiger partial charge in [-0.2, -0.15) is 0 Å². The van der Waals surface area contributed by atoms with Crippen molar-refractivity contribution in [2.45, 2.75) is 10.9 Å². The van der Waals surface area contributed by atoms with E-state index in [0.29, 0.717) is 28.6 Å². The fourth-order valence-corrected chi connectivity index (χ4v) is 2.46. The predicted octanol–water partition coefficient (Wildman–Crippen LogP) is 1.22. The molecule has 1 unspecified atom stereocenters. The number of rotatable bonds is 2. The maximum atomic E-state index is 12.6. The van der Waals surface area contributed by atoms with Gasteiger partial charge in [0.2, 0.25) is 5.91 Å². The molecule has 2 amide bonds. The van der Waals surface area contributed by atoms with Gasteiger partial charge in [0, 0.05) is 18.5 Å². The molecule has 1 N–H and O–H groups in total. The molecule has 1 aliphatic heterocycles. The van der Waals surface area contributed by atoms with Gasteiger partial charge in [0.1, 0.15) is 6.04 Å². The molecular weight excluding hydrogens is 300 g/mol. The van der Waals surface area contributed by atoms with Gasteiger partial charge >= 0.3 is 0 Å². The van der Waals surface area contributed by atoms with Gasteiger partial charge in [0.15, 0.2) is 0 Å². The van der Waals surface area contributed by atoms with Gasteiger partial charge in [0.25, 0.3) is 5.91 Å². The number of halogens is 1. The quantitative estimate of drug-likeness (QED) is 0.807. The van der Waals surface area contributed by atoms with E-state index in [1.54, 1.807) is 18.2 Å². The molecule has 1 saturated heterocycles. The first-order chi connectivity index (χ1) is 9.54. The van der Waals surface area contributed by atoms with Crippen molar-refractivity contribution in [1.29, 1.82) is 0 Å². The zero-order chi connectivity index (χ0) is 14.7. The largest absolute Gasteiger partial charge is 0.377 e. The number of carbonyl (C=O) groups excluding carboxylic acids is 2. The minimum atomic E-state index is -0.638. The highest BCUT2D eigenvalue weighted by Gasteiger charge is 2.33. The first kappa shape index (κ1) is 15.2.